The van der Waals surface area contributed by atoms with Gasteiger partial charge < -0.3 is 20.6 Å². The lowest BCUT2D eigenvalue weighted by molar-refractivity contribution is -0.573. The van der Waals surface area contributed by atoms with Crippen LogP contribution in [0.3, 0.4) is 0 Å². The van der Waals surface area contributed by atoms with Crippen LogP contribution in [0.25, 0.3) is 5.69 Å². The van der Waals surface area contributed by atoms with Crippen LogP contribution >= 0.6 is 0 Å². The Hall–Kier alpha value is -3.08. The molecule has 3 rings (SSSR count). The van der Waals surface area contributed by atoms with Gasteiger partial charge in [-0.25, -0.2) is 9.48 Å². The highest BCUT2D eigenvalue weighted by Gasteiger charge is 2.33. The molecule has 4 atom stereocenters. The van der Waals surface area contributed by atoms with E-state index >= 15 is 0 Å². The van der Waals surface area contributed by atoms with Gasteiger partial charge >= 0.3 is 5.91 Å². The van der Waals surface area contributed by atoms with Crippen LogP contribution in [0.5, 0.6) is 0 Å². The van der Waals surface area contributed by atoms with Crippen molar-refractivity contribution >= 4 is 11.6 Å². The molecular weight excluding hydrogens is 422 g/mol. The van der Waals surface area contributed by atoms with E-state index in [2.05, 4.69) is 15.7 Å². The number of anilines is 1. The van der Waals surface area contributed by atoms with E-state index in [0.29, 0.717) is 19.5 Å². The molecule has 0 aliphatic carbocycles. The number of nitrogens with zero attached hydrogens (tertiary/aromatic N) is 2. The second kappa shape index (κ2) is 12.2. The average molecular weight is 455 g/mol. The van der Waals surface area contributed by atoms with Gasteiger partial charge in [-0.1, -0.05) is 30.3 Å². The minimum atomic E-state index is -1.70. The Morgan fingerprint density at radius 2 is 1.79 bits per heavy atom. The van der Waals surface area contributed by atoms with E-state index in [1.54, 1.807) is 10.9 Å². The largest absolute Gasteiger partial charge is 0.386 e. The number of quaternary nitrogens is 1. The summed E-state index contributed by atoms with van der Waals surface area (Å²) >= 11 is 0. The van der Waals surface area contributed by atoms with Gasteiger partial charge in [0.2, 0.25) is 0 Å². The summed E-state index contributed by atoms with van der Waals surface area (Å²) < 4.78 is 1.73. The summed E-state index contributed by atoms with van der Waals surface area (Å²) in [7, 11) is 0. The van der Waals surface area contributed by atoms with Crippen molar-refractivity contribution in [3.05, 3.63) is 78.6 Å². The first-order chi connectivity index (χ1) is 16.0. The van der Waals surface area contributed by atoms with E-state index in [-0.39, 0.29) is 6.04 Å². The zero-order valence-electron chi connectivity index (χ0n) is 18.6. The number of aliphatic hydroxyl groups excluding tert-OH is 3. The number of hydrogen-bond acceptors (Lipinski definition) is 7. The number of rotatable bonds is 12. The van der Waals surface area contributed by atoms with E-state index in [1.165, 1.54) is 5.32 Å². The second-order valence-electron chi connectivity index (χ2n) is 7.85. The Bertz CT molecular complexity index is 966. The lowest BCUT2D eigenvalue weighted by Crippen LogP contribution is -2.91. The fourth-order valence-corrected chi connectivity index (χ4v) is 3.39. The number of amides is 1. The summed E-state index contributed by atoms with van der Waals surface area (Å²) in [4.78, 5) is 12.2. The lowest BCUT2D eigenvalue weighted by atomic mass is 10.1. The molecule has 0 spiro atoms. The number of carbonyl (C=O) groups is 1. The van der Waals surface area contributed by atoms with Crippen LogP contribution in [0, 0.1) is 0 Å². The maximum atomic E-state index is 12.2. The number of para-hydroxylation sites is 1. The molecule has 1 heterocycles. The van der Waals surface area contributed by atoms with Crippen LogP contribution in [0.1, 0.15) is 24.9 Å². The highest BCUT2D eigenvalue weighted by molar-refractivity contribution is 5.71. The summed E-state index contributed by atoms with van der Waals surface area (Å²) in [5.41, 5.74) is 2.76. The Kier molecular flexibility index (Phi) is 9.11. The number of carbonyl (C=O) groups excluding carboxylic acids is 1. The average Bonchev–Trinajstić information content (AvgIpc) is 3.38. The van der Waals surface area contributed by atoms with Crippen LogP contribution in [-0.4, -0.2) is 62.5 Å². The normalized spacial score (nSPS) is 14.9. The number of nitrogens with one attached hydrogen (secondary N) is 2. The molecule has 7 N–H and O–H groups in total. The van der Waals surface area contributed by atoms with Gasteiger partial charge in [0.15, 0.2) is 6.10 Å². The molecule has 0 saturated heterocycles. The Labute approximate surface area is 193 Å². The summed E-state index contributed by atoms with van der Waals surface area (Å²) in [5, 5.41) is 42.3. The first kappa shape index (κ1) is 24.6. The Morgan fingerprint density at radius 3 is 2.45 bits per heavy atom. The van der Waals surface area contributed by atoms with E-state index < -0.39 is 24.3 Å². The van der Waals surface area contributed by atoms with Crippen molar-refractivity contribution in [2.45, 2.75) is 37.8 Å². The van der Waals surface area contributed by atoms with Gasteiger partial charge in [0.05, 0.1) is 12.2 Å². The third kappa shape index (κ3) is 7.21. The summed E-state index contributed by atoms with van der Waals surface area (Å²) in [6, 6.07) is 18.8. The highest BCUT2D eigenvalue weighted by Crippen LogP contribution is 2.16. The maximum absolute atomic E-state index is 12.2. The number of hydrogen-bond donors (Lipinski definition) is 6. The molecule has 0 bridgehead atoms. The molecular formula is C24H32N5O4+. The van der Waals surface area contributed by atoms with Crippen LogP contribution < -0.4 is 16.0 Å². The molecule has 33 heavy (non-hydrogen) atoms. The number of benzene rings is 2. The van der Waals surface area contributed by atoms with Gasteiger partial charge in [0.25, 0.3) is 0 Å². The van der Waals surface area contributed by atoms with Crippen molar-refractivity contribution in [2.24, 2.45) is 0 Å². The van der Waals surface area contributed by atoms with Crippen molar-refractivity contribution in [2.75, 3.05) is 18.4 Å². The van der Waals surface area contributed by atoms with Crippen LogP contribution in [-0.2, 0) is 4.79 Å². The first-order valence-electron chi connectivity index (χ1n) is 11.0. The Balaban J connectivity index is 1.40. The van der Waals surface area contributed by atoms with Crippen molar-refractivity contribution in [1.82, 2.24) is 15.1 Å². The molecule has 3 aromatic rings. The molecule has 0 saturated carbocycles. The van der Waals surface area contributed by atoms with Gasteiger partial charge in [0, 0.05) is 37.1 Å². The van der Waals surface area contributed by atoms with Gasteiger partial charge in [0.1, 0.15) is 12.3 Å². The first-order valence-corrected chi connectivity index (χ1v) is 11.0. The van der Waals surface area contributed by atoms with Crippen LogP contribution in [0.4, 0.5) is 5.69 Å². The second-order valence-corrected chi connectivity index (χ2v) is 7.85. The third-order valence-electron chi connectivity index (χ3n) is 5.35. The van der Waals surface area contributed by atoms with E-state index in [0.717, 1.165) is 16.9 Å². The van der Waals surface area contributed by atoms with Crippen molar-refractivity contribution in [1.29, 1.82) is 0 Å². The number of nitrogens with two attached hydrogens (primary N) is 1. The standard InChI is InChI=1S/C24H31N5O4/c1-17(18-9-11-20(12-10-18)29-16-6-15-27-29)28-24(33)22(31)21(30)23(32)26-14-5-13-25-19-7-3-2-4-8-19/h2-4,6-12,15-17,21-22,24-25,28,30-31,33H,5,13-14H2,1H3,(H,26,32)/p+1/t17-,21-,22-,24?/m1/s1. The van der Waals surface area contributed by atoms with Crippen LogP contribution in [0.2, 0.25) is 0 Å². The molecule has 176 valence electrons. The number of aromatic nitrogens is 2. The molecule has 0 aliphatic heterocycles. The zero-order chi connectivity index (χ0) is 23.6. The van der Waals surface area contributed by atoms with Gasteiger partial charge in [-0.15, -0.1) is 0 Å². The minimum absolute atomic E-state index is 0.323. The van der Waals surface area contributed by atoms with E-state index in [4.69, 9.17) is 0 Å². The molecule has 1 aromatic heterocycles. The van der Waals surface area contributed by atoms with Gasteiger partial charge in [-0.3, -0.25) is 10.6 Å². The van der Waals surface area contributed by atoms with Crippen LogP contribution in [0.15, 0.2) is 73.1 Å². The van der Waals surface area contributed by atoms with E-state index in [1.807, 2.05) is 73.8 Å². The fourth-order valence-electron chi connectivity index (χ4n) is 3.39. The molecule has 9 nitrogen and oxygen atoms in total. The topological polar surface area (TPSA) is 136 Å². The monoisotopic (exact) mass is 454 g/mol. The van der Waals surface area contributed by atoms with Crippen molar-refractivity contribution in [3.8, 4) is 5.69 Å². The molecule has 0 fully saturated rings. The molecule has 0 aliphatic rings. The molecule has 2 aromatic carbocycles. The molecule has 1 unspecified atom stereocenters. The number of primary amides is 1. The zero-order valence-corrected chi connectivity index (χ0v) is 18.6. The predicted molar refractivity (Wildman–Crippen MR) is 124 cm³/mol. The Morgan fingerprint density at radius 1 is 1.06 bits per heavy atom. The van der Waals surface area contributed by atoms with Crippen molar-refractivity contribution < 1.29 is 25.4 Å². The smallest absolute Gasteiger partial charge is 0.342 e. The third-order valence-corrected chi connectivity index (χ3v) is 5.35. The lowest BCUT2D eigenvalue weighted by Gasteiger charge is -2.25. The molecule has 9 heteroatoms. The summed E-state index contributed by atoms with van der Waals surface area (Å²) in [6.07, 6.45) is -0.604. The number of aliphatic hydroxyl groups is 3. The SMILES string of the molecule is C[C@@H](NC(O)[C@H](O)[C@@H](O)C(=O)[NH2+]CCCNc1ccccc1)c1ccc(-n2cccn2)cc1. The predicted octanol–water partition coefficient (Wildman–Crippen LogP) is 0.155. The van der Waals surface area contributed by atoms with Gasteiger partial charge in [-0.05, 0) is 42.8 Å². The quantitative estimate of drug-likeness (QED) is 0.169. The fraction of sp³-hybridized carbons (Fsp3) is 0.333. The summed E-state index contributed by atoms with van der Waals surface area (Å²) in [5.74, 6) is -0.612. The van der Waals surface area contributed by atoms with Crippen molar-refractivity contribution in [3.63, 3.8) is 0 Å². The molecule has 0 radical (unpaired) electrons. The highest BCUT2D eigenvalue weighted by atomic mass is 16.4. The minimum Gasteiger partial charge on any atom is -0.386 e. The maximum Gasteiger partial charge on any atom is 0.342 e. The summed E-state index contributed by atoms with van der Waals surface area (Å²) in [6.45, 7) is 2.94. The van der Waals surface area contributed by atoms with E-state index in [9.17, 15) is 20.1 Å². The molecule has 1 amide bonds. The van der Waals surface area contributed by atoms with Gasteiger partial charge in [-0.2, -0.15) is 5.10 Å².